The Labute approximate surface area is 126 Å². The van der Waals surface area contributed by atoms with Crippen molar-refractivity contribution in [3.8, 4) is 0 Å². The van der Waals surface area contributed by atoms with Gasteiger partial charge < -0.3 is 15.5 Å². The molecule has 0 spiro atoms. The molecular formula is C16H27NO4. The maximum atomic E-state index is 12.4. The fourth-order valence-electron chi connectivity index (χ4n) is 3.84. The SMILES string of the molecule is O=C(O)[C@H]1CCCC[C@H]1C(=O)NCC1(CO)CCCCC1. The van der Waals surface area contributed by atoms with Crippen molar-refractivity contribution in [1.82, 2.24) is 5.32 Å². The van der Waals surface area contributed by atoms with Crippen molar-refractivity contribution < 1.29 is 19.8 Å². The van der Waals surface area contributed by atoms with Gasteiger partial charge in [-0.05, 0) is 25.7 Å². The Kier molecular flexibility index (Phi) is 5.62. The predicted molar refractivity (Wildman–Crippen MR) is 78.7 cm³/mol. The molecule has 0 aliphatic heterocycles. The first-order chi connectivity index (χ1) is 10.1. The molecule has 2 fully saturated rings. The van der Waals surface area contributed by atoms with Crippen LogP contribution in [-0.4, -0.2) is 35.2 Å². The summed E-state index contributed by atoms with van der Waals surface area (Å²) in [5.74, 6) is -1.95. The zero-order valence-electron chi connectivity index (χ0n) is 12.6. The molecule has 0 bridgehead atoms. The van der Waals surface area contributed by atoms with Crippen molar-refractivity contribution in [3.05, 3.63) is 0 Å². The summed E-state index contributed by atoms with van der Waals surface area (Å²) in [4.78, 5) is 23.6. The average Bonchev–Trinajstić information content (AvgIpc) is 2.53. The minimum Gasteiger partial charge on any atom is -0.481 e. The van der Waals surface area contributed by atoms with Gasteiger partial charge in [0.2, 0.25) is 5.91 Å². The molecule has 0 aromatic rings. The van der Waals surface area contributed by atoms with E-state index < -0.39 is 17.8 Å². The van der Waals surface area contributed by atoms with E-state index >= 15 is 0 Å². The van der Waals surface area contributed by atoms with E-state index in [0.717, 1.165) is 38.5 Å². The molecule has 5 nitrogen and oxygen atoms in total. The molecule has 0 aromatic carbocycles. The van der Waals surface area contributed by atoms with E-state index in [-0.39, 0.29) is 17.9 Å². The number of hydrogen-bond donors (Lipinski definition) is 3. The number of aliphatic carboxylic acids is 1. The molecule has 1 amide bonds. The fourth-order valence-corrected chi connectivity index (χ4v) is 3.84. The Hall–Kier alpha value is -1.10. The number of aliphatic hydroxyl groups is 1. The van der Waals surface area contributed by atoms with Crippen LogP contribution in [0, 0.1) is 17.3 Å². The van der Waals surface area contributed by atoms with Crippen LogP contribution in [0.25, 0.3) is 0 Å². The Morgan fingerprint density at radius 1 is 1.00 bits per heavy atom. The van der Waals surface area contributed by atoms with Crippen molar-refractivity contribution in [2.24, 2.45) is 17.3 Å². The molecule has 0 unspecified atom stereocenters. The lowest BCUT2D eigenvalue weighted by molar-refractivity contribution is -0.149. The topological polar surface area (TPSA) is 86.6 Å². The van der Waals surface area contributed by atoms with Gasteiger partial charge in [0.05, 0.1) is 18.4 Å². The first-order valence-electron chi connectivity index (χ1n) is 8.19. The van der Waals surface area contributed by atoms with Gasteiger partial charge in [0, 0.05) is 12.0 Å². The monoisotopic (exact) mass is 297 g/mol. The van der Waals surface area contributed by atoms with Gasteiger partial charge in [0.15, 0.2) is 0 Å². The number of aliphatic hydroxyl groups excluding tert-OH is 1. The molecule has 2 rings (SSSR count). The second-order valence-corrected chi connectivity index (χ2v) is 6.77. The predicted octanol–water partition coefficient (Wildman–Crippen LogP) is 1.94. The standard InChI is InChI=1S/C16H27NO4/c18-11-16(8-4-1-5-9-16)10-17-14(19)12-6-2-3-7-13(12)15(20)21/h12-13,18H,1-11H2,(H,17,19)(H,20,21)/t12-,13+/m1/s1. The van der Waals surface area contributed by atoms with Crippen molar-refractivity contribution in [3.63, 3.8) is 0 Å². The van der Waals surface area contributed by atoms with Gasteiger partial charge >= 0.3 is 5.97 Å². The van der Waals surface area contributed by atoms with E-state index in [4.69, 9.17) is 0 Å². The van der Waals surface area contributed by atoms with Crippen LogP contribution in [0.4, 0.5) is 0 Å². The van der Waals surface area contributed by atoms with E-state index in [1.807, 2.05) is 0 Å². The Bertz CT molecular complexity index is 376. The smallest absolute Gasteiger partial charge is 0.307 e. The van der Waals surface area contributed by atoms with E-state index in [1.165, 1.54) is 6.42 Å². The molecule has 0 aromatic heterocycles. The third-order valence-corrected chi connectivity index (χ3v) is 5.31. The number of nitrogens with one attached hydrogen (secondary N) is 1. The second kappa shape index (κ2) is 7.25. The van der Waals surface area contributed by atoms with Crippen LogP contribution >= 0.6 is 0 Å². The average molecular weight is 297 g/mol. The minimum absolute atomic E-state index is 0.0975. The highest BCUT2D eigenvalue weighted by Crippen LogP contribution is 2.36. The van der Waals surface area contributed by atoms with E-state index in [2.05, 4.69) is 5.32 Å². The van der Waals surface area contributed by atoms with Crippen molar-refractivity contribution in [2.75, 3.05) is 13.2 Å². The largest absolute Gasteiger partial charge is 0.481 e. The van der Waals surface area contributed by atoms with Crippen LogP contribution in [0.3, 0.4) is 0 Å². The molecule has 5 heteroatoms. The lowest BCUT2D eigenvalue weighted by Crippen LogP contribution is -2.46. The number of carbonyl (C=O) groups excluding carboxylic acids is 1. The molecule has 2 atom stereocenters. The van der Waals surface area contributed by atoms with E-state index in [9.17, 15) is 19.8 Å². The highest BCUT2D eigenvalue weighted by atomic mass is 16.4. The van der Waals surface area contributed by atoms with Crippen molar-refractivity contribution in [2.45, 2.75) is 57.8 Å². The first-order valence-corrected chi connectivity index (χ1v) is 8.19. The van der Waals surface area contributed by atoms with Gasteiger partial charge in [-0.3, -0.25) is 9.59 Å². The highest BCUT2D eigenvalue weighted by molar-refractivity contribution is 5.84. The quantitative estimate of drug-likeness (QED) is 0.723. The third kappa shape index (κ3) is 3.96. The second-order valence-electron chi connectivity index (χ2n) is 6.77. The highest BCUT2D eigenvalue weighted by Gasteiger charge is 2.37. The summed E-state index contributed by atoms with van der Waals surface area (Å²) in [6, 6.07) is 0. The molecular weight excluding hydrogens is 270 g/mol. The summed E-state index contributed by atoms with van der Waals surface area (Å²) in [6.45, 7) is 0.575. The molecule has 3 N–H and O–H groups in total. The van der Waals surface area contributed by atoms with Gasteiger partial charge in [-0.15, -0.1) is 0 Å². The van der Waals surface area contributed by atoms with E-state index in [1.54, 1.807) is 0 Å². The molecule has 0 radical (unpaired) electrons. The molecule has 0 saturated heterocycles. The third-order valence-electron chi connectivity index (χ3n) is 5.31. The Morgan fingerprint density at radius 3 is 2.19 bits per heavy atom. The number of amides is 1. The van der Waals surface area contributed by atoms with E-state index in [0.29, 0.717) is 19.4 Å². The molecule has 21 heavy (non-hydrogen) atoms. The van der Waals surface area contributed by atoms with Gasteiger partial charge in [0.25, 0.3) is 0 Å². The van der Waals surface area contributed by atoms with Crippen LogP contribution < -0.4 is 5.32 Å². The minimum atomic E-state index is -0.857. The molecule has 120 valence electrons. The first kappa shape index (κ1) is 16.3. The zero-order chi connectivity index (χ0) is 15.3. The van der Waals surface area contributed by atoms with Gasteiger partial charge in [-0.1, -0.05) is 32.1 Å². The van der Waals surface area contributed by atoms with Crippen LogP contribution in [0.2, 0.25) is 0 Å². The molecule has 2 saturated carbocycles. The number of hydrogen-bond acceptors (Lipinski definition) is 3. The summed E-state index contributed by atoms with van der Waals surface area (Å²) in [7, 11) is 0. The Morgan fingerprint density at radius 2 is 1.62 bits per heavy atom. The van der Waals surface area contributed by atoms with Crippen LogP contribution in [0.1, 0.15) is 57.8 Å². The lowest BCUT2D eigenvalue weighted by Gasteiger charge is -2.36. The van der Waals surface area contributed by atoms with Crippen molar-refractivity contribution >= 4 is 11.9 Å². The number of carboxylic acids is 1. The molecule has 2 aliphatic carbocycles. The molecule has 2 aliphatic rings. The summed E-state index contributed by atoms with van der Waals surface area (Å²) in [5, 5.41) is 21.8. The number of rotatable bonds is 5. The number of carboxylic acid groups (broad SMARTS) is 1. The van der Waals surface area contributed by atoms with Gasteiger partial charge in [-0.25, -0.2) is 0 Å². The maximum Gasteiger partial charge on any atom is 0.307 e. The van der Waals surface area contributed by atoms with Gasteiger partial charge in [-0.2, -0.15) is 0 Å². The van der Waals surface area contributed by atoms with Crippen molar-refractivity contribution in [1.29, 1.82) is 0 Å². The maximum absolute atomic E-state index is 12.4. The zero-order valence-corrected chi connectivity index (χ0v) is 12.6. The summed E-state index contributed by atoms with van der Waals surface area (Å²) in [5.41, 5.74) is -0.193. The van der Waals surface area contributed by atoms with Crippen LogP contribution in [0.15, 0.2) is 0 Å². The summed E-state index contributed by atoms with van der Waals surface area (Å²) < 4.78 is 0. The fraction of sp³-hybridized carbons (Fsp3) is 0.875. The van der Waals surface area contributed by atoms with Crippen LogP contribution in [-0.2, 0) is 9.59 Å². The Balaban J connectivity index is 1.92. The lowest BCUT2D eigenvalue weighted by atomic mass is 9.74. The number of carbonyl (C=O) groups is 2. The normalized spacial score (nSPS) is 28.8. The summed E-state index contributed by atoms with van der Waals surface area (Å²) >= 11 is 0. The van der Waals surface area contributed by atoms with Gasteiger partial charge in [0.1, 0.15) is 0 Å². The summed E-state index contributed by atoms with van der Waals surface area (Å²) in [6.07, 6.45) is 8.34. The molecule has 0 heterocycles. The van der Waals surface area contributed by atoms with Crippen LogP contribution in [0.5, 0.6) is 0 Å².